The predicted molar refractivity (Wildman–Crippen MR) is 111 cm³/mol. The van der Waals surface area contributed by atoms with Gasteiger partial charge in [0.1, 0.15) is 30.5 Å². The van der Waals surface area contributed by atoms with Crippen molar-refractivity contribution in [2.75, 3.05) is 19.8 Å². The summed E-state index contributed by atoms with van der Waals surface area (Å²) in [6.07, 6.45) is 1.13. The van der Waals surface area contributed by atoms with Crippen LogP contribution in [0.1, 0.15) is 16.8 Å². The molecule has 0 unspecified atom stereocenters. The molecule has 0 saturated carbocycles. The molecule has 0 spiro atoms. The van der Waals surface area contributed by atoms with Gasteiger partial charge >= 0.3 is 17.9 Å². The van der Waals surface area contributed by atoms with E-state index in [1.54, 1.807) is 36.4 Å². The first-order valence-corrected chi connectivity index (χ1v) is 9.39. The number of benzene rings is 2. The Kier molecular flexibility index (Phi) is 9.45. The van der Waals surface area contributed by atoms with Crippen LogP contribution >= 0.6 is 0 Å². The summed E-state index contributed by atoms with van der Waals surface area (Å²) in [5, 5.41) is 0. The van der Waals surface area contributed by atoms with Crippen molar-refractivity contribution in [3.05, 3.63) is 79.3 Å². The van der Waals surface area contributed by atoms with E-state index in [1.807, 2.05) is 0 Å². The number of carbonyl (C=O) groups is 3. The first-order chi connectivity index (χ1) is 15.4. The van der Waals surface area contributed by atoms with Crippen LogP contribution in [0.4, 0.5) is 4.39 Å². The van der Waals surface area contributed by atoms with Crippen LogP contribution < -0.4 is 14.2 Å². The van der Waals surface area contributed by atoms with Gasteiger partial charge in [0.15, 0.2) is 0 Å². The van der Waals surface area contributed by atoms with Crippen molar-refractivity contribution in [3.63, 3.8) is 0 Å². The Balaban J connectivity index is 1.77. The zero-order valence-corrected chi connectivity index (χ0v) is 17.1. The zero-order chi connectivity index (χ0) is 23.3. The van der Waals surface area contributed by atoms with Crippen molar-refractivity contribution < 1.29 is 42.5 Å². The molecule has 0 bridgehead atoms. The molecule has 168 valence electrons. The van der Waals surface area contributed by atoms with Crippen molar-refractivity contribution in [2.24, 2.45) is 0 Å². The molecule has 8 nitrogen and oxygen atoms in total. The molecule has 0 atom stereocenters. The van der Waals surface area contributed by atoms with Crippen LogP contribution in [0.2, 0.25) is 0 Å². The minimum atomic E-state index is -1.18. The molecule has 2 rings (SSSR count). The van der Waals surface area contributed by atoms with Gasteiger partial charge < -0.3 is 23.7 Å². The summed E-state index contributed by atoms with van der Waals surface area (Å²) in [4.78, 5) is 34.4. The highest BCUT2D eigenvalue weighted by atomic mass is 19.1. The molecule has 0 aliphatic heterocycles. The predicted octanol–water partition coefficient (Wildman–Crippen LogP) is 3.77. The number of halogens is 1. The van der Waals surface area contributed by atoms with E-state index in [0.29, 0.717) is 22.8 Å². The highest BCUT2D eigenvalue weighted by Crippen LogP contribution is 2.20. The second-order valence-electron chi connectivity index (χ2n) is 6.03. The molecule has 0 aliphatic rings. The Labute approximate surface area is 183 Å². The molecule has 0 N–H and O–H groups in total. The van der Waals surface area contributed by atoms with Crippen LogP contribution in [0.5, 0.6) is 17.2 Å². The van der Waals surface area contributed by atoms with Crippen molar-refractivity contribution in [2.45, 2.75) is 6.42 Å². The van der Waals surface area contributed by atoms with E-state index < -0.39 is 23.7 Å². The van der Waals surface area contributed by atoms with Gasteiger partial charge in [-0.25, -0.2) is 9.59 Å². The number of rotatable bonds is 12. The van der Waals surface area contributed by atoms with E-state index >= 15 is 0 Å². The number of ether oxygens (including phenoxy) is 5. The van der Waals surface area contributed by atoms with E-state index in [0.717, 1.165) is 6.26 Å². The maximum atomic E-state index is 12.5. The lowest BCUT2D eigenvalue weighted by molar-refractivity contribution is -0.141. The lowest BCUT2D eigenvalue weighted by Gasteiger charge is -2.09. The van der Waals surface area contributed by atoms with Crippen LogP contribution in [0.3, 0.4) is 0 Å². The Hall–Kier alpha value is -4.14. The molecule has 2 aromatic rings. The van der Waals surface area contributed by atoms with E-state index in [4.69, 9.17) is 14.2 Å². The van der Waals surface area contributed by atoms with E-state index in [-0.39, 0.29) is 26.2 Å². The maximum absolute atomic E-state index is 12.5. The van der Waals surface area contributed by atoms with Crippen molar-refractivity contribution in [1.82, 2.24) is 0 Å². The molecule has 9 heteroatoms. The number of hydrogen-bond donors (Lipinski definition) is 0. The lowest BCUT2D eigenvalue weighted by Crippen LogP contribution is -2.12. The molecular formula is C23H21FO8. The number of carbonyl (C=O) groups excluding carboxylic acids is 3. The van der Waals surface area contributed by atoms with Gasteiger partial charge in [-0.2, -0.15) is 4.39 Å². The molecule has 0 heterocycles. The van der Waals surface area contributed by atoms with E-state index in [1.165, 1.54) is 12.1 Å². The summed E-state index contributed by atoms with van der Waals surface area (Å²) in [5.41, 5.74) is 0.290. The fourth-order valence-corrected chi connectivity index (χ4v) is 2.23. The minimum Gasteiger partial charge on any atom is -0.493 e. The van der Waals surface area contributed by atoms with Gasteiger partial charge in [-0.05, 0) is 48.5 Å². The third kappa shape index (κ3) is 8.31. The fourth-order valence-electron chi connectivity index (χ4n) is 2.23. The quantitative estimate of drug-likeness (QED) is 0.160. The topological polar surface area (TPSA) is 97.4 Å². The molecule has 0 fully saturated rings. The van der Waals surface area contributed by atoms with E-state index in [2.05, 4.69) is 22.6 Å². The molecule has 0 saturated heterocycles. The summed E-state index contributed by atoms with van der Waals surface area (Å²) in [5.74, 6) is -2.11. The van der Waals surface area contributed by atoms with Crippen LogP contribution in [-0.2, 0) is 19.1 Å². The van der Waals surface area contributed by atoms with Gasteiger partial charge in [0.25, 0.3) is 0 Å². The largest absolute Gasteiger partial charge is 0.493 e. The first kappa shape index (κ1) is 24.1. The molecule has 0 amide bonds. The third-order valence-electron chi connectivity index (χ3n) is 3.72. The average molecular weight is 444 g/mol. The second kappa shape index (κ2) is 12.5. The smallest absolute Gasteiger partial charge is 0.366 e. The molecule has 32 heavy (non-hydrogen) atoms. The summed E-state index contributed by atoms with van der Waals surface area (Å²) in [7, 11) is 0. The molecule has 0 radical (unpaired) electrons. The van der Waals surface area contributed by atoms with Gasteiger partial charge in [0.05, 0.1) is 24.9 Å². The summed E-state index contributed by atoms with van der Waals surface area (Å²) >= 11 is 0. The van der Waals surface area contributed by atoms with Crippen LogP contribution in [0.15, 0.2) is 73.8 Å². The highest BCUT2D eigenvalue weighted by Gasteiger charge is 2.10. The van der Waals surface area contributed by atoms with Gasteiger partial charge in [0.2, 0.25) is 5.83 Å². The van der Waals surface area contributed by atoms with Crippen molar-refractivity contribution in [3.8, 4) is 17.2 Å². The highest BCUT2D eigenvalue weighted by molar-refractivity contribution is 5.91. The minimum absolute atomic E-state index is 0.00662. The monoisotopic (exact) mass is 444 g/mol. The van der Waals surface area contributed by atoms with Crippen LogP contribution in [-0.4, -0.2) is 37.7 Å². The molecule has 0 aliphatic carbocycles. The van der Waals surface area contributed by atoms with Gasteiger partial charge in [-0.1, -0.05) is 13.2 Å². The Morgan fingerprint density at radius 1 is 0.844 bits per heavy atom. The fraction of sp³-hybridized carbons (Fsp3) is 0.174. The Bertz CT molecular complexity index is 951. The van der Waals surface area contributed by atoms with Crippen LogP contribution in [0.25, 0.3) is 0 Å². The SMILES string of the molecule is C=COC(=O)CCOc1ccc(OC(=O)c2ccc(OCCOC(=O)C(=C)F)cc2)cc1. The second-order valence-corrected chi connectivity index (χ2v) is 6.03. The van der Waals surface area contributed by atoms with Crippen molar-refractivity contribution >= 4 is 17.9 Å². The van der Waals surface area contributed by atoms with E-state index in [9.17, 15) is 18.8 Å². The van der Waals surface area contributed by atoms with Crippen LogP contribution in [0, 0.1) is 0 Å². The molecule has 0 aromatic heterocycles. The Morgan fingerprint density at radius 2 is 1.41 bits per heavy atom. The third-order valence-corrected chi connectivity index (χ3v) is 3.72. The molecular weight excluding hydrogens is 423 g/mol. The Morgan fingerprint density at radius 3 is 2.00 bits per heavy atom. The lowest BCUT2D eigenvalue weighted by atomic mass is 10.2. The van der Waals surface area contributed by atoms with Crippen molar-refractivity contribution in [1.29, 1.82) is 0 Å². The number of hydrogen-bond acceptors (Lipinski definition) is 8. The maximum Gasteiger partial charge on any atom is 0.366 e. The summed E-state index contributed by atoms with van der Waals surface area (Å²) < 4.78 is 37.6. The van der Waals surface area contributed by atoms with Gasteiger partial charge in [0, 0.05) is 0 Å². The normalized spacial score (nSPS) is 9.91. The summed E-state index contributed by atoms with van der Waals surface area (Å²) in [6, 6.07) is 12.4. The number of esters is 3. The summed E-state index contributed by atoms with van der Waals surface area (Å²) in [6.45, 7) is 6.11. The standard InChI is InChI=1S/C23H21FO8/c1-3-28-21(25)12-13-29-19-8-10-20(11-9-19)32-23(27)17-4-6-18(7-5-17)30-14-15-31-22(26)16(2)24/h3-11H,1-2,12-15H2. The first-order valence-electron chi connectivity index (χ1n) is 9.39. The van der Waals surface area contributed by atoms with Gasteiger partial charge in [-0.15, -0.1) is 0 Å². The zero-order valence-electron chi connectivity index (χ0n) is 17.1. The van der Waals surface area contributed by atoms with Gasteiger partial charge in [-0.3, -0.25) is 4.79 Å². The average Bonchev–Trinajstić information content (AvgIpc) is 2.78. The molecule has 2 aromatic carbocycles.